The number of aliphatic imine (C=N–C) groups is 1. The third-order valence-electron chi connectivity index (χ3n) is 5.30. The average Bonchev–Trinajstić information content (AvgIpc) is 3.42. The molecule has 9 heteroatoms. The van der Waals surface area contributed by atoms with E-state index in [-0.39, 0.29) is 41.3 Å². The van der Waals surface area contributed by atoms with Crippen LogP contribution in [-0.4, -0.2) is 86.3 Å². The van der Waals surface area contributed by atoms with Crippen LogP contribution >= 0.6 is 35.7 Å². The van der Waals surface area contributed by atoms with Crippen molar-refractivity contribution in [3.05, 3.63) is 0 Å². The summed E-state index contributed by atoms with van der Waals surface area (Å²) in [5.74, 6) is 3.67. The van der Waals surface area contributed by atoms with Gasteiger partial charge in [-0.2, -0.15) is 11.8 Å². The molecule has 0 bridgehead atoms. The van der Waals surface area contributed by atoms with Gasteiger partial charge >= 0.3 is 0 Å². The van der Waals surface area contributed by atoms with Gasteiger partial charge in [0.2, 0.25) is 5.91 Å². The van der Waals surface area contributed by atoms with E-state index >= 15 is 0 Å². The van der Waals surface area contributed by atoms with Gasteiger partial charge in [0.1, 0.15) is 0 Å². The summed E-state index contributed by atoms with van der Waals surface area (Å²) >= 11 is 2.03. The van der Waals surface area contributed by atoms with Crippen molar-refractivity contribution in [2.75, 3.05) is 64.0 Å². The number of hydrogen-bond acceptors (Lipinski definition) is 5. The molecule has 0 radical (unpaired) electrons. The second kappa shape index (κ2) is 11.7. The summed E-state index contributed by atoms with van der Waals surface area (Å²) in [6, 6.07) is 0. The number of halogens is 1. The number of morpholine rings is 1. The number of guanidine groups is 1. The highest BCUT2D eigenvalue weighted by molar-refractivity contribution is 14.0. The van der Waals surface area contributed by atoms with E-state index in [4.69, 9.17) is 9.73 Å². The van der Waals surface area contributed by atoms with Gasteiger partial charge in [0.05, 0.1) is 25.3 Å². The van der Waals surface area contributed by atoms with Crippen molar-refractivity contribution in [1.82, 2.24) is 20.9 Å². The van der Waals surface area contributed by atoms with Crippen molar-refractivity contribution in [3.63, 3.8) is 0 Å². The number of hydrogen-bond donors (Lipinski definition) is 3. The summed E-state index contributed by atoms with van der Waals surface area (Å²) in [5, 5.41) is 9.67. The Morgan fingerprint density at radius 3 is 2.59 bits per heavy atom. The topological polar surface area (TPSA) is 78.0 Å². The molecule has 0 aromatic rings. The summed E-state index contributed by atoms with van der Waals surface area (Å²) in [7, 11) is 0. The number of thioether (sulfide) groups is 1. The predicted octanol–water partition coefficient (Wildman–Crippen LogP) is 0.894. The Balaban J connectivity index is 0.00000261. The van der Waals surface area contributed by atoms with E-state index in [1.807, 2.05) is 11.8 Å². The van der Waals surface area contributed by atoms with E-state index in [0.29, 0.717) is 13.1 Å². The standard InChI is InChI=1S/C18H33N5O2S.HI/c1-2-19-17(21-7-6-20-16(24)15-3-4-15)22-13-18(5-12-26-14-18)23-8-10-25-11-9-23;/h15H,2-14H2,1H3,(H,20,24)(H2,19,21,22);1H. The zero-order chi connectivity index (χ0) is 18.2. The number of carbonyl (C=O) groups is 1. The summed E-state index contributed by atoms with van der Waals surface area (Å²) < 4.78 is 5.53. The first-order chi connectivity index (χ1) is 12.7. The molecule has 1 saturated carbocycles. The van der Waals surface area contributed by atoms with E-state index < -0.39 is 0 Å². The molecule has 0 aromatic carbocycles. The Kier molecular flexibility index (Phi) is 9.95. The molecule has 0 aromatic heterocycles. The second-order valence-corrected chi connectivity index (χ2v) is 8.42. The summed E-state index contributed by atoms with van der Waals surface area (Å²) in [6.45, 7) is 8.73. The third kappa shape index (κ3) is 6.93. The quantitative estimate of drug-likeness (QED) is 0.195. The first-order valence-corrected chi connectivity index (χ1v) is 11.1. The maximum absolute atomic E-state index is 11.7. The molecule has 2 aliphatic heterocycles. The van der Waals surface area contributed by atoms with Gasteiger partial charge in [-0.25, -0.2) is 0 Å². The Morgan fingerprint density at radius 2 is 1.96 bits per heavy atom. The zero-order valence-corrected chi connectivity index (χ0v) is 19.4. The van der Waals surface area contributed by atoms with Gasteiger partial charge in [0.15, 0.2) is 5.96 Å². The normalized spacial score (nSPS) is 26.3. The van der Waals surface area contributed by atoms with Crippen LogP contribution in [0.5, 0.6) is 0 Å². The molecule has 3 aliphatic rings. The number of ether oxygens (including phenoxy) is 1. The smallest absolute Gasteiger partial charge is 0.223 e. The lowest BCUT2D eigenvalue weighted by atomic mass is 9.96. The summed E-state index contributed by atoms with van der Waals surface area (Å²) in [4.78, 5) is 19.2. The SMILES string of the molecule is CCNC(=NCC1(N2CCOCC2)CCSC1)NCCNC(=O)C1CC1.I. The first-order valence-electron chi connectivity index (χ1n) is 9.94. The molecule has 2 saturated heterocycles. The van der Waals surface area contributed by atoms with Crippen molar-refractivity contribution in [1.29, 1.82) is 0 Å². The number of rotatable bonds is 8. The fourth-order valence-electron chi connectivity index (χ4n) is 3.53. The van der Waals surface area contributed by atoms with Crippen molar-refractivity contribution in [3.8, 4) is 0 Å². The fraction of sp³-hybridized carbons (Fsp3) is 0.889. The maximum atomic E-state index is 11.7. The molecule has 27 heavy (non-hydrogen) atoms. The van der Waals surface area contributed by atoms with Crippen LogP contribution in [0.15, 0.2) is 4.99 Å². The molecule has 1 unspecified atom stereocenters. The number of nitrogens with zero attached hydrogens (tertiary/aromatic N) is 2. The van der Waals surface area contributed by atoms with Crippen LogP contribution in [0.1, 0.15) is 26.2 Å². The second-order valence-electron chi connectivity index (χ2n) is 7.31. The molecule has 2 heterocycles. The number of carbonyl (C=O) groups excluding carboxylic acids is 1. The first kappa shape index (κ1) is 23.0. The van der Waals surface area contributed by atoms with Gasteiger partial charge in [0, 0.05) is 44.4 Å². The minimum Gasteiger partial charge on any atom is -0.379 e. The van der Waals surface area contributed by atoms with Gasteiger partial charge in [-0.15, -0.1) is 24.0 Å². The molecule has 0 spiro atoms. The third-order valence-corrected chi connectivity index (χ3v) is 6.54. The van der Waals surface area contributed by atoms with E-state index in [1.165, 1.54) is 12.2 Å². The molecular weight excluding hydrogens is 477 g/mol. The highest BCUT2D eigenvalue weighted by Gasteiger charge is 2.40. The molecule has 1 aliphatic carbocycles. The van der Waals surface area contributed by atoms with E-state index in [9.17, 15) is 4.79 Å². The summed E-state index contributed by atoms with van der Waals surface area (Å²) in [6.07, 6.45) is 3.29. The minimum absolute atomic E-state index is 0. The Bertz CT molecular complexity index is 492. The van der Waals surface area contributed by atoms with Gasteiger partial charge in [-0.05, 0) is 31.9 Å². The summed E-state index contributed by atoms with van der Waals surface area (Å²) in [5.41, 5.74) is 0.164. The Labute approximate surface area is 184 Å². The highest BCUT2D eigenvalue weighted by Crippen LogP contribution is 2.34. The fourth-order valence-corrected chi connectivity index (χ4v) is 5.00. The lowest BCUT2D eigenvalue weighted by molar-refractivity contribution is -0.122. The van der Waals surface area contributed by atoms with Crippen LogP contribution in [0, 0.1) is 5.92 Å². The van der Waals surface area contributed by atoms with Crippen LogP contribution in [0.2, 0.25) is 0 Å². The zero-order valence-electron chi connectivity index (χ0n) is 16.3. The molecule has 1 atom stereocenters. The maximum Gasteiger partial charge on any atom is 0.223 e. The molecule has 3 rings (SSSR count). The Morgan fingerprint density at radius 1 is 1.22 bits per heavy atom. The van der Waals surface area contributed by atoms with Crippen molar-refractivity contribution in [2.45, 2.75) is 31.7 Å². The number of nitrogens with one attached hydrogen (secondary N) is 3. The molecule has 1 amide bonds. The van der Waals surface area contributed by atoms with E-state index in [0.717, 1.165) is 63.9 Å². The Hall–Kier alpha value is -0.260. The van der Waals surface area contributed by atoms with Gasteiger partial charge < -0.3 is 20.7 Å². The monoisotopic (exact) mass is 511 g/mol. The molecule has 156 valence electrons. The largest absolute Gasteiger partial charge is 0.379 e. The van der Waals surface area contributed by atoms with Crippen molar-refractivity contribution in [2.24, 2.45) is 10.9 Å². The van der Waals surface area contributed by atoms with Gasteiger partial charge in [0.25, 0.3) is 0 Å². The minimum atomic E-state index is 0. The van der Waals surface area contributed by atoms with E-state index in [2.05, 4.69) is 27.8 Å². The number of amides is 1. The predicted molar refractivity (Wildman–Crippen MR) is 122 cm³/mol. The molecule has 3 fully saturated rings. The van der Waals surface area contributed by atoms with E-state index in [1.54, 1.807) is 0 Å². The van der Waals surface area contributed by atoms with Crippen LogP contribution in [-0.2, 0) is 9.53 Å². The lowest BCUT2D eigenvalue weighted by Crippen LogP contribution is -2.56. The lowest BCUT2D eigenvalue weighted by Gasteiger charge is -2.42. The van der Waals surface area contributed by atoms with Crippen LogP contribution < -0.4 is 16.0 Å². The van der Waals surface area contributed by atoms with Crippen LogP contribution in [0.25, 0.3) is 0 Å². The molecule has 3 N–H and O–H groups in total. The van der Waals surface area contributed by atoms with Crippen molar-refractivity contribution >= 4 is 47.6 Å². The average molecular weight is 511 g/mol. The molecule has 7 nitrogen and oxygen atoms in total. The molecular formula is C18H34IN5O2S. The highest BCUT2D eigenvalue weighted by atomic mass is 127. The van der Waals surface area contributed by atoms with Crippen LogP contribution in [0.3, 0.4) is 0 Å². The van der Waals surface area contributed by atoms with Gasteiger partial charge in [-0.3, -0.25) is 14.7 Å². The van der Waals surface area contributed by atoms with Gasteiger partial charge in [-0.1, -0.05) is 0 Å². The van der Waals surface area contributed by atoms with Crippen LogP contribution in [0.4, 0.5) is 0 Å². The van der Waals surface area contributed by atoms with Crippen molar-refractivity contribution < 1.29 is 9.53 Å².